The second-order valence-corrected chi connectivity index (χ2v) is 4.38. The number of rotatable bonds is 3. The van der Waals surface area contributed by atoms with E-state index in [1.54, 1.807) is 24.3 Å². The first-order valence-corrected chi connectivity index (χ1v) is 6.21. The number of allylic oxidation sites excluding steroid dienone is 1. The molecular formula is C15H16O4. The highest BCUT2D eigenvalue weighted by Gasteiger charge is 2.32. The van der Waals surface area contributed by atoms with Gasteiger partial charge >= 0.3 is 11.9 Å². The Bertz CT molecular complexity index is 478. The van der Waals surface area contributed by atoms with Crippen LogP contribution in [0.4, 0.5) is 0 Å². The van der Waals surface area contributed by atoms with Crippen LogP contribution in [0.15, 0.2) is 42.5 Å². The van der Waals surface area contributed by atoms with E-state index >= 15 is 0 Å². The van der Waals surface area contributed by atoms with Crippen molar-refractivity contribution in [1.82, 2.24) is 0 Å². The molecule has 0 unspecified atom stereocenters. The maximum absolute atomic E-state index is 12.0. The summed E-state index contributed by atoms with van der Waals surface area (Å²) < 4.78 is 10.2. The summed E-state index contributed by atoms with van der Waals surface area (Å²) in [6.07, 6.45) is 4.46. The van der Waals surface area contributed by atoms with Crippen molar-refractivity contribution in [2.45, 2.75) is 18.9 Å². The lowest BCUT2D eigenvalue weighted by Crippen LogP contribution is -2.34. The second kappa shape index (κ2) is 6.18. The van der Waals surface area contributed by atoms with Crippen molar-refractivity contribution in [1.29, 1.82) is 0 Å². The van der Waals surface area contributed by atoms with Crippen LogP contribution < -0.4 is 0 Å². The molecule has 100 valence electrons. The van der Waals surface area contributed by atoms with Gasteiger partial charge in [-0.1, -0.05) is 30.4 Å². The zero-order valence-electron chi connectivity index (χ0n) is 10.7. The van der Waals surface area contributed by atoms with Crippen LogP contribution in [0.2, 0.25) is 0 Å². The van der Waals surface area contributed by atoms with E-state index in [0.717, 1.165) is 0 Å². The van der Waals surface area contributed by atoms with Crippen LogP contribution in [0.25, 0.3) is 0 Å². The second-order valence-electron chi connectivity index (χ2n) is 4.38. The lowest BCUT2D eigenvalue weighted by molar-refractivity contribution is -0.149. The molecule has 2 rings (SSSR count). The SMILES string of the molecule is COC(=O)[C@H]1CC=CC[C@H]1OC(=O)c1ccccc1. The lowest BCUT2D eigenvalue weighted by Gasteiger charge is -2.26. The van der Waals surface area contributed by atoms with Gasteiger partial charge in [0.25, 0.3) is 0 Å². The van der Waals surface area contributed by atoms with Gasteiger partial charge in [-0.2, -0.15) is 0 Å². The number of hydrogen-bond donors (Lipinski definition) is 0. The first-order valence-electron chi connectivity index (χ1n) is 6.21. The van der Waals surface area contributed by atoms with E-state index in [0.29, 0.717) is 18.4 Å². The fourth-order valence-electron chi connectivity index (χ4n) is 2.10. The van der Waals surface area contributed by atoms with Gasteiger partial charge in [0.2, 0.25) is 0 Å². The number of ether oxygens (including phenoxy) is 2. The number of hydrogen-bond acceptors (Lipinski definition) is 4. The smallest absolute Gasteiger partial charge is 0.338 e. The highest BCUT2D eigenvalue weighted by Crippen LogP contribution is 2.24. The number of carbonyl (C=O) groups excluding carboxylic acids is 2. The van der Waals surface area contributed by atoms with E-state index in [4.69, 9.17) is 9.47 Å². The predicted octanol–water partition coefficient (Wildman–Crippen LogP) is 2.35. The molecule has 4 nitrogen and oxygen atoms in total. The summed E-state index contributed by atoms with van der Waals surface area (Å²) in [7, 11) is 1.34. The molecule has 1 aliphatic carbocycles. The molecule has 0 heterocycles. The van der Waals surface area contributed by atoms with Gasteiger partial charge in [0, 0.05) is 6.42 Å². The summed E-state index contributed by atoms with van der Waals surface area (Å²) in [5, 5.41) is 0. The molecule has 1 aromatic carbocycles. The van der Waals surface area contributed by atoms with E-state index < -0.39 is 18.0 Å². The van der Waals surface area contributed by atoms with Crippen molar-refractivity contribution >= 4 is 11.9 Å². The Morgan fingerprint density at radius 3 is 2.47 bits per heavy atom. The highest BCUT2D eigenvalue weighted by molar-refractivity contribution is 5.89. The van der Waals surface area contributed by atoms with Gasteiger partial charge in [0.1, 0.15) is 6.10 Å². The van der Waals surface area contributed by atoms with Crippen molar-refractivity contribution < 1.29 is 19.1 Å². The molecule has 0 bridgehead atoms. The predicted molar refractivity (Wildman–Crippen MR) is 69.5 cm³/mol. The number of carbonyl (C=O) groups is 2. The van der Waals surface area contributed by atoms with Crippen LogP contribution in [0.5, 0.6) is 0 Å². The Balaban J connectivity index is 2.06. The third kappa shape index (κ3) is 3.22. The molecule has 0 amide bonds. The monoisotopic (exact) mass is 260 g/mol. The first-order chi connectivity index (χ1) is 9.22. The molecule has 1 aromatic rings. The number of methoxy groups -OCH3 is 1. The molecule has 0 aliphatic heterocycles. The normalized spacial score (nSPS) is 21.7. The van der Waals surface area contributed by atoms with Gasteiger partial charge in [-0.3, -0.25) is 4.79 Å². The zero-order chi connectivity index (χ0) is 13.7. The molecular weight excluding hydrogens is 244 g/mol. The molecule has 0 saturated heterocycles. The molecule has 0 saturated carbocycles. The van der Waals surface area contributed by atoms with Crippen LogP contribution in [0, 0.1) is 5.92 Å². The molecule has 0 N–H and O–H groups in total. The highest BCUT2D eigenvalue weighted by atomic mass is 16.6. The van der Waals surface area contributed by atoms with Gasteiger partial charge in [0.15, 0.2) is 0 Å². The van der Waals surface area contributed by atoms with Gasteiger partial charge in [0.05, 0.1) is 18.6 Å². The molecule has 4 heteroatoms. The fourth-order valence-corrected chi connectivity index (χ4v) is 2.10. The largest absolute Gasteiger partial charge is 0.469 e. The summed E-state index contributed by atoms with van der Waals surface area (Å²) in [5.74, 6) is -1.16. The minimum absolute atomic E-state index is 0.338. The average molecular weight is 260 g/mol. The van der Waals surface area contributed by atoms with Gasteiger partial charge in [-0.05, 0) is 18.6 Å². The number of esters is 2. The third-order valence-electron chi connectivity index (χ3n) is 3.15. The fraction of sp³-hybridized carbons (Fsp3) is 0.333. The summed E-state index contributed by atoms with van der Waals surface area (Å²) >= 11 is 0. The lowest BCUT2D eigenvalue weighted by atomic mass is 9.91. The Labute approximate surface area is 112 Å². The third-order valence-corrected chi connectivity index (χ3v) is 3.15. The Morgan fingerprint density at radius 2 is 1.79 bits per heavy atom. The van der Waals surface area contributed by atoms with E-state index in [9.17, 15) is 9.59 Å². The summed E-state index contributed by atoms with van der Waals surface area (Å²) in [6, 6.07) is 8.75. The summed E-state index contributed by atoms with van der Waals surface area (Å²) in [6.45, 7) is 0. The first kappa shape index (κ1) is 13.3. The van der Waals surface area contributed by atoms with Crippen molar-refractivity contribution in [3.05, 3.63) is 48.0 Å². The van der Waals surface area contributed by atoms with Crippen LogP contribution in [-0.2, 0) is 14.3 Å². The maximum atomic E-state index is 12.0. The van der Waals surface area contributed by atoms with E-state index in [1.165, 1.54) is 7.11 Å². The standard InChI is InChI=1S/C15H16O4/c1-18-15(17)12-9-5-6-10-13(12)19-14(16)11-7-3-2-4-8-11/h2-8,12-13H,9-10H2,1H3/t12-,13+/m0/s1. The van der Waals surface area contributed by atoms with Crippen LogP contribution in [0.3, 0.4) is 0 Å². The Hall–Kier alpha value is -2.10. The van der Waals surface area contributed by atoms with Gasteiger partial charge < -0.3 is 9.47 Å². The Kier molecular flexibility index (Phi) is 4.34. The van der Waals surface area contributed by atoms with Gasteiger partial charge in [-0.25, -0.2) is 4.79 Å². The molecule has 2 atom stereocenters. The molecule has 1 aliphatic rings. The van der Waals surface area contributed by atoms with Gasteiger partial charge in [-0.15, -0.1) is 0 Å². The van der Waals surface area contributed by atoms with Crippen molar-refractivity contribution in [3.8, 4) is 0 Å². The van der Waals surface area contributed by atoms with Crippen LogP contribution in [0.1, 0.15) is 23.2 Å². The van der Waals surface area contributed by atoms with Crippen molar-refractivity contribution in [3.63, 3.8) is 0 Å². The van der Waals surface area contributed by atoms with E-state index in [2.05, 4.69) is 0 Å². The minimum atomic E-state index is -0.454. The van der Waals surface area contributed by atoms with Crippen molar-refractivity contribution in [2.75, 3.05) is 7.11 Å². The van der Waals surface area contributed by atoms with E-state index in [1.807, 2.05) is 18.2 Å². The minimum Gasteiger partial charge on any atom is -0.469 e. The average Bonchev–Trinajstić information content (AvgIpc) is 2.48. The Morgan fingerprint density at radius 1 is 1.11 bits per heavy atom. The summed E-state index contributed by atoms with van der Waals surface area (Å²) in [5.41, 5.74) is 0.487. The topological polar surface area (TPSA) is 52.6 Å². The number of benzene rings is 1. The molecule has 0 radical (unpaired) electrons. The summed E-state index contributed by atoms with van der Waals surface area (Å²) in [4.78, 5) is 23.6. The molecule has 19 heavy (non-hydrogen) atoms. The van der Waals surface area contributed by atoms with Crippen LogP contribution >= 0.6 is 0 Å². The van der Waals surface area contributed by atoms with Crippen molar-refractivity contribution in [2.24, 2.45) is 5.92 Å². The molecule has 0 fully saturated rings. The van der Waals surface area contributed by atoms with E-state index in [-0.39, 0.29) is 5.97 Å². The molecule has 0 spiro atoms. The zero-order valence-corrected chi connectivity index (χ0v) is 10.7. The quantitative estimate of drug-likeness (QED) is 0.618. The van der Waals surface area contributed by atoms with Crippen LogP contribution in [-0.4, -0.2) is 25.2 Å². The molecule has 0 aromatic heterocycles. The maximum Gasteiger partial charge on any atom is 0.338 e.